The van der Waals surface area contributed by atoms with Crippen LogP contribution in [0.25, 0.3) is 0 Å². The molecule has 4 nitrogen and oxygen atoms in total. The van der Waals surface area contributed by atoms with Gasteiger partial charge in [-0.15, -0.1) is 11.3 Å². The molecule has 2 N–H and O–H groups in total. The number of carboxylic acid groups (broad SMARTS) is 1. The van der Waals surface area contributed by atoms with E-state index in [0.29, 0.717) is 10.0 Å². The molecule has 100 valence electrons. The maximum atomic E-state index is 11.0. The van der Waals surface area contributed by atoms with Gasteiger partial charge in [0.1, 0.15) is 0 Å². The summed E-state index contributed by atoms with van der Waals surface area (Å²) >= 11 is 1.36. The van der Waals surface area contributed by atoms with E-state index in [2.05, 4.69) is 23.3 Å². The Morgan fingerprint density at radius 2 is 2.16 bits per heavy atom. The van der Waals surface area contributed by atoms with E-state index < -0.39 is 5.97 Å². The third-order valence-corrected chi connectivity index (χ3v) is 3.86. The van der Waals surface area contributed by atoms with Crippen molar-refractivity contribution in [1.29, 1.82) is 0 Å². The number of anilines is 2. The normalized spacial score (nSPS) is 10.5. The second-order valence-corrected chi connectivity index (χ2v) is 5.52. The van der Waals surface area contributed by atoms with E-state index in [1.54, 1.807) is 6.92 Å². The van der Waals surface area contributed by atoms with Crippen molar-refractivity contribution >= 4 is 28.1 Å². The largest absolute Gasteiger partial charge is 0.476 e. The molecule has 5 heteroatoms. The van der Waals surface area contributed by atoms with Crippen LogP contribution in [0.15, 0.2) is 18.2 Å². The van der Waals surface area contributed by atoms with Crippen molar-refractivity contribution < 1.29 is 9.90 Å². The summed E-state index contributed by atoms with van der Waals surface area (Å²) in [5.41, 5.74) is 3.48. The molecule has 0 radical (unpaired) electrons. The van der Waals surface area contributed by atoms with Crippen molar-refractivity contribution in [3.8, 4) is 0 Å². The second-order valence-electron chi connectivity index (χ2n) is 4.32. The number of benzene rings is 1. The molecule has 0 aliphatic carbocycles. The summed E-state index contributed by atoms with van der Waals surface area (Å²) in [5, 5.41) is 12.9. The standard InChI is InChI=1S/C14H16N2O2S/c1-4-10-7-5-6-8(2)11(10)15-14-16-12(13(17)18)9(3)19-14/h5-7H,4H2,1-3H3,(H,15,16)(H,17,18). The summed E-state index contributed by atoms with van der Waals surface area (Å²) in [6, 6.07) is 6.11. The molecule has 0 aliphatic heterocycles. The number of aryl methyl sites for hydroxylation is 3. The molecule has 0 atom stereocenters. The van der Waals surface area contributed by atoms with Crippen LogP contribution >= 0.6 is 11.3 Å². The van der Waals surface area contributed by atoms with Crippen molar-refractivity contribution in [3.63, 3.8) is 0 Å². The molecule has 0 saturated carbocycles. The number of thiazole rings is 1. The van der Waals surface area contributed by atoms with Gasteiger partial charge in [0, 0.05) is 10.6 Å². The number of rotatable bonds is 4. The summed E-state index contributed by atoms with van der Waals surface area (Å²) in [7, 11) is 0. The Balaban J connectivity index is 2.36. The fourth-order valence-corrected chi connectivity index (χ4v) is 2.77. The van der Waals surface area contributed by atoms with Gasteiger partial charge in [-0.3, -0.25) is 0 Å². The van der Waals surface area contributed by atoms with Gasteiger partial charge in [0.05, 0.1) is 0 Å². The molecule has 0 unspecified atom stereocenters. The van der Waals surface area contributed by atoms with Crippen molar-refractivity contribution in [2.75, 3.05) is 5.32 Å². The molecule has 0 fully saturated rings. The van der Waals surface area contributed by atoms with Crippen molar-refractivity contribution in [2.24, 2.45) is 0 Å². The number of aromatic nitrogens is 1. The Kier molecular flexibility index (Phi) is 3.85. The predicted molar refractivity (Wildman–Crippen MR) is 77.7 cm³/mol. The molecule has 19 heavy (non-hydrogen) atoms. The van der Waals surface area contributed by atoms with Crippen LogP contribution < -0.4 is 5.32 Å². The lowest BCUT2D eigenvalue weighted by atomic mass is 10.1. The van der Waals surface area contributed by atoms with E-state index in [1.165, 1.54) is 16.9 Å². The van der Waals surface area contributed by atoms with Crippen LogP contribution in [0.5, 0.6) is 0 Å². The molecule has 0 aliphatic rings. The average Bonchev–Trinajstić information content (AvgIpc) is 2.73. The third-order valence-electron chi connectivity index (χ3n) is 2.97. The highest BCUT2D eigenvalue weighted by molar-refractivity contribution is 7.15. The van der Waals surface area contributed by atoms with E-state index >= 15 is 0 Å². The van der Waals surface area contributed by atoms with E-state index in [4.69, 9.17) is 5.11 Å². The minimum absolute atomic E-state index is 0.124. The minimum Gasteiger partial charge on any atom is -0.476 e. The molecule has 1 heterocycles. The van der Waals surface area contributed by atoms with Gasteiger partial charge >= 0.3 is 5.97 Å². The highest BCUT2D eigenvalue weighted by Gasteiger charge is 2.15. The summed E-state index contributed by atoms with van der Waals surface area (Å²) in [6.45, 7) is 5.89. The molecule has 0 spiro atoms. The second kappa shape index (κ2) is 5.40. The lowest BCUT2D eigenvalue weighted by molar-refractivity contribution is 0.0690. The maximum Gasteiger partial charge on any atom is 0.355 e. The first kappa shape index (κ1) is 13.5. The van der Waals surface area contributed by atoms with Crippen LogP contribution in [-0.2, 0) is 6.42 Å². The topological polar surface area (TPSA) is 62.2 Å². The van der Waals surface area contributed by atoms with Gasteiger partial charge in [-0.1, -0.05) is 25.1 Å². The fraction of sp³-hybridized carbons (Fsp3) is 0.286. The zero-order chi connectivity index (χ0) is 14.0. The molecule has 0 bridgehead atoms. The first-order valence-corrected chi connectivity index (χ1v) is 6.90. The molecule has 2 aromatic rings. The number of nitrogens with one attached hydrogen (secondary N) is 1. The van der Waals surface area contributed by atoms with Crippen LogP contribution in [0.2, 0.25) is 0 Å². The fourth-order valence-electron chi connectivity index (χ4n) is 1.96. The number of carbonyl (C=O) groups is 1. The summed E-state index contributed by atoms with van der Waals surface area (Å²) in [4.78, 5) is 15.8. The van der Waals surface area contributed by atoms with Crippen molar-refractivity contribution in [1.82, 2.24) is 4.98 Å². The SMILES string of the molecule is CCc1cccc(C)c1Nc1nc(C(=O)O)c(C)s1. The molecule has 1 aromatic carbocycles. The molecule has 1 aromatic heterocycles. The van der Waals surface area contributed by atoms with Crippen LogP contribution in [0.3, 0.4) is 0 Å². The molecule has 0 amide bonds. The quantitative estimate of drug-likeness (QED) is 0.892. The number of hydrogen-bond acceptors (Lipinski definition) is 4. The molecule has 0 saturated heterocycles. The summed E-state index contributed by atoms with van der Waals surface area (Å²) in [5.74, 6) is -0.984. The summed E-state index contributed by atoms with van der Waals surface area (Å²) < 4.78 is 0. The zero-order valence-corrected chi connectivity index (χ0v) is 12.0. The Hall–Kier alpha value is -1.88. The van der Waals surface area contributed by atoms with E-state index in [0.717, 1.165) is 17.7 Å². The number of carboxylic acids is 1. The number of aromatic carboxylic acids is 1. The monoisotopic (exact) mass is 276 g/mol. The Morgan fingerprint density at radius 3 is 2.74 bits per heavy atom. The van der Waals surface area contributed by atoms with Gasteiger partial charge in [0.25, 0.3) is 0 Å². The smallest absolute Gasteiger partial charge is 0.355 e. The maximum absolute atomic E-state index is 11.0. The van der Waals surface area contributed by atoms with Gasteiger partial charge in [-0.2, -0.15) is 0 Å². The van der Waals surface area contributed by atoms with Crippen LogP contribution in [0.4, 0.5) is 10.8 Å². The van der Waals surface area contributed by atoms with Crippen LogP contribution in [0, 0.1) is 13.8 Å². The number of para-hydroxylation sites is 1. The Bertz CT molecular complexity index is 620. The van der Waals surface area contributed by atoms with Crippen LogP contribution in [0.1, 0.15) is 33.4 Å². The first-order chi connectivity index (χ1) is 9.02. The van der Waals surface area contributed by atoms with E-state index in [-0.39, 0.29) is 5.69 Å². The van der Waals surface area contributed by atoms with Crippen LogP contribution in [-0.4, -0.2) is 16.1 Å². The molecular weight excluding hydrogens is 260 g/mol. The lowest BCUT2D eigenvalue weighted by Gasteiger charge is -2.11. The van der Waals surface area contributed by atoms with Crippen molar-refractivity contribution in [2.45, 2.75) is 27.2 Å². The van der Waals surface area contributed by atoms with Gasteiger partial charge in [0.2, 0.25) is 0 Å². The van der Waals surface area contributed by atoms with Gasteiger partial charge in [-0.05, 0) is 31.4 Å². The van der Waals surface area contributed by atoms with Gasteiger partial charge in [0.15, 0.2) is 10.8 Å². The number of nitrogens with zero attached hydrogens (tertiary/aromatic N) is 1. The summed E-state index contributed by atoms with van der Waals surface area (Å²) in [6.07, 6.45) is 0.917. The first-order valence-electron chi connectivity index (χ1n) is 6.09. The lowest BCUT2D eigenvalue weighted by Crippen LogP contribution is -2.00. The Labute approximate surface area is 116 Å². The van der Waals surface area contributed by atoms with E-state index in [9.17, 15) is 4.79 Å². The minimum atomic E-state index is -0.984. The number of hydrogen-bond donors (Lipinski definition) is 2. The van der Waals surface area contributed by atoms with Crippen molar-refractivity contribution in [3.05, 3.63) is 39.9 Å². The highest BCUT2D eigenvalue weighted by Crippen LogP contribution is 2.29. The van der Waals surface area contributed by atoms with E-state index in [1.807, 2.05) is 19.1 Å². The average molecular weight is 276 g/mol. The molecular formula is C14H16N2O2S. The van der Waals surface area contributed by atoms with Gasteiger partial charge in [-0.25, -0.2) is 9.78 Å². The molecule has 2 rings (SSSR count). The zero-order valence-electron chi connectivity index (χ0n) is 11.2. The Morgan fingerprint density at radius 1 is 1.42 bits per heavy atom. The predicted octanol–water partition coefficient (Wildman–Crippen LogP) is 3.76. The third kappa shape index (κ3) is 2.76. The van der Waals surface area contributed by atoms with Gasteiger partial charge < -0.3 is 10.4 Å². The highest BCUT2D eigenvalue weighted by atomic mass is 32.1.